The van der Waals surface area contributed by atoms with Gasteiger partial charge in [0.2, 0.25) is 0 Å². The largest absolute Gasteiger partial charge is 0.506 e. The van der Waals surface area contributed by atoms with Crippen LogP contribution in [0.4, 0.5) is 0 Å². The molecule has 0 fully saturated rings. The first-order chi connectivity index (χ1) is 8.27. The predicted octanol–water partition coefficient (Wildman–Crippen LogP) is 2.76. The van der Waals surface area contributed by atoms with Crippen molar-refractivity contribution in [2.75, 3.05) is 0 Å². The highest BCUT2D eigenvalue weighted by molar-refractivity contribution is 5.89. The van der Waals surface area contributed by atoms with Crippen molar-refractivity contribution in [2.45, 2.75) is 0 Å². The molecule has 84 valence electrons. The van der Waals surface area contributed by atoms with E-state index in [0.29, 0.717) is 16.5 Å². The zero-order valence-corrected chi connectivity index (χ0v) is 8.71. The Morgan fingerprint density at radius 1 is 1.12 bits per heavy atom. The van der Waals surface area contributed by atoms with E-state index in [-0.39, 0.29) is 11.3 Å². The molecule has 0 saturated carbocycles. The molecule has 2 heterocycles. The predicted molar refractivity (Wildman–Crippen MR) is 61.9 cm³/mol. The van der Waals surface area contributed by atoms with E-state index in [4.69, 9.17) is 8.83 Å². The molecule has 4 heteroatoms. The smallest absolute Gasteiger partial charge is 0.348 e. The highest BCUT2D eigenvalue weighted by Gasteiger charge is 2.15. The number of fused-ring (bicyclic) bond motifs is 1. The van der Waals surface area contributed by atoms with Crippen LogP contribution in [0.15, 0.2) is 56.5 Å². The van der Waals surface area contributed by atoms with E-state index in [1.165, 1.54) is 12.5 Å². The SMILES string of the molecule is O=c1oc2ccccc2c(O)c1-c1ccoc1. The van der Waals surface area contributed by atoms with E-state index in [0.717, 1.165) is 0 Å². The van der Waals surface area contributed by atoms with Crippen LogP contribution in [0.1, 0.15) is 0 Å². The molecule has 17 heavy (non-hydrogen) atoms. The lowest BCUT2D eigenvalue weighted by atomic mass is 10.1. The van der Waals surface area contributed by atoms with Gasteiger partial charge < -0.3 is 13.9 Å². The zero-order valence-electron chi connectivity index (χ0n) is 8.71. The summed E-state index contributed by atoms with van der Waals surface area (Å²) in [6.45, 7) is 0. The van der Waals surface area contributed by atoms with Crippen molar-refractivity contribution in [3.63, 3.8) is 0 Å². The summed E-state index contributed by atoms with van der Waals surface area (Å²) >= 11 is 0. The number of para-hydroxylation sites is 1. The minimum Gasteiger partial charge on any atom is -0.506 e. The molecule has 0 radical (unpaired) electrons. The van der Waals surface area contributed by atoms with Crippen LogP contribution in [0.3, 0.4) is 0 Å². The normalized spacial score (nSPS) is 10.8. The van der Waals surface area contributed by atoms with Crippen molar-refractivity contribution in [3.05, 3.63) is 53.3 Å². The van der Waals surface area contributed by atoms with Crippen LogP contribution in [0, 0.1) is 0 Å². The van der Waals surface area contributed by atoms with E-state index in [2.05, 4.69) is 0 Å². The number of aromatic hydroxyl groups is 1. The molecule has 3 aromatic rings. The third-order valence-corrected chi connectivity index (χ3v) is 2.60. The summed E-state index contributed by atoms with van der Waals surface area (Å²) < 4.78 is 10.0. The average Bonchev–Trinajstić information content (AvgIpc) is 2.83. The molecule has 1 aromatic carbocycles. The summed E-state index contributed by atoms with van der Waals surface area (Å²) in [7, 11) is 0. The second kappa shape index (κ2) is 3.52. The van der Waals surface area contributed by atoms with E-state index in [1.54, 1.807) is 30.3 Å². The van der Waals surface area contributed by atoms with Gasteiger partial charge in [0.25, 0.3) is 0 Å². The van der Waals surface area contributed by atoms with Gasteiger partial charge in [-0.05, 0) is 18.2 Å². The van der Waals surface area contributed by atoms with Gasteiger partial charge in [0.1, 0.15) is 16.9 Å². The Morgan fingerprint density at radius 2 is 1.94 bits per heavy atom. The Hall–Kier alpha value is -2.49. The molecule has 0 saturated heterocycles. The van der Waals surface area contributed by atoms with Crippen molar-refractivity contribution >= 4 is 11.0 Å². The van der Waals surface area contributed by atoms with E-state index in [9.17, 15) is 9.90 Å². The lowest BCUT2D eigenvalue weighted by Crippen LogP contribution is -2.02. The number of hydrogen-bond acceptors (Lipinski definition) is 4. The lowest BCUT2D eigenvalue weighted by Gasteiger charge is -2.03. The molecule has 3 rings (SSSR count). The standard InChI is InChI=1S/C13H8O4/c14-12-9-3-1-2-4-10(9)17-13(15)11(12)8-5-6-16-7-8/h1-7,14H. The fourth-order valence-corrected chi connectivity index (χ4v) is 1.79. The van der Waals surface area contributed by atoms with Crippen LogP contribution < -0.4 is 5.63 Å². The molecule has 0 aliphatic carbocycles. The molecule has 1 N–H and O–H groups in total. The summed E-state index contributed by atoms with van der Waals surface area (Å²) in [5, 5.41) is 10.6. The molecule has 0 spiro atoms. The maximum absolute atomic E-state index is 11.8. The topological polar surface area (TPSA) is 63.6 Å². The average molecular weight is 228 g/mol. The van der Waals surface area contributed by atoms with Crippen LogP contribution in [0.5, 0.6) is 5.75 Å². The second-order valence-electron chi connectivity index (χ2n) is 3.62. The summed E-state index contributed by atoms with van der Waals surface area (Å²) in [5.74, 6) is -0.0850. The quantitative estimate of drug-likeness (QED) is 0.650. The van der Waals surface area contributed by atoms with Crippen molar-refractivity contribution in [1.29, 1.82) is 0 Å². The van der Waals surface area contributed by atoms with Gasteiger partial charge in [0, 0.05) is 5.56 Å². The Bertz CT molecular complexity index is 723. The Labute approximate surface area is 95.7 Å². The zero-order chi connectivity index (χ0) is 11.8. The minimum atomic E-state index is -0.581. The number of furan rings is 1. The van der Waals surface area contributed by atoms with Gasteiger partial charge in [0.15, 0.2) is 0 Å². The molecule has 0 aliphatic heterocycles. The van der Waals surface area contributed by atoms with Gasteiger partial charge in [-0.25, -0.2) is 4.79 Å². The maximum Gasteiger partial charge on any atom is 0.348 e. The second-order valence-corrected chi connectivity index (χ2v) is 3.62. The Morgan fingerprint density at radius 3 is 2.71 bits per heavy atom. The first kappa shape index (κ1) is 9.72. The first-order valence-electron chi connectivity index (χ1n) is 5.05. The summed E-state index contributed by atoms with van der Waals surface area (Å²) in [6, 6.07) is 8.43. The first-order valence-corrected chi connectivity index (χ1v) is 5.05. The van der Waals surface area contributed by atoms with Crippen molar-refractivity contribution in [1.82, 2.24) is 0 Å². The fraction of sp³-hybridized carbons (Fsp3) is 0. The summed E-state index contributed by atoms with van der Waals surface area (Å²) in [6.07, 6.45) is 2.82. The molecule has 0 unspecified atom stereocenters. The van der Waals surface area contributed by atoms with Crippen LogP contribution in [-0.2, 0) is 0 Å². The fourth-order valence-electron chi connectivity index (χ4n) is 1.79. The monoisotopic (exact) mass is 228 g/mol. The highest BCUT2D eigenvalue weighted by Crippen LogP contribution is 2.32. The van der Waals surface area contributed by atoms with Gasteiger partial charge in [-0.2, -0.15) is 0 Å². The van der Waals surface area contributed by atoms with Gasteiger partial charge in [0.05, 0.1) is 17.9 Å². The Kier molecular flexibility index (Phi) is 2.01. The van der Waals surface area contributed by atoms with Crippen LogP contribution in [0.2, 0.25) is 0 Å². The van der Waals surface area contributed by atoms with Gasteiger partial charge >= 0.3 is 5.63 Å². The molecule has 0 aliphatic rings. The summed E-state index contributed by atoms with van der Waals surface area (Å²) in [5.41, 5.74) is 0.407. The van der Waals surface area contributed by atoms with Gasteiger partial charge in [-0.1, -0.05) is 12.1 Å². The van der Waals surface area contributed by atoms with Gasteiger partial charge in [-0.15, -0.1) is 0 Å². The number of rotatable bonds is 1. The van der Waals surface area contributed by atoms with Gasteiger partial charge in [-0.3, -0.25) is 0 Å². The van der Waals surface area contributed by atoms with Crippen molar-refractivity contribution < 1.29 is 13.9 Å². The van der Waals surface area contributed by atoms with E-state index >= 15 is 0 Å². The molecule has 0 bridgehead atoms. The lowest BCUT2D eigenvalue weighted by molar-refractivity contribution is 0.471. The van der Waals surface area contributed by atoms with Crippen molar-refractivity contribution in [2.24, 2.45) is 0 Å². The third-order valence-electron chi connectivity index (χ3n) is 2.60. The molecule has 0 amide bonds. The van der Waals surface area contributed by atoms with E-state index < -0.39 is 5.63 Å². The Balaban J connectivity index is 2.44. The van der Waals surface area contributed by atoms with Crippen LogP contribution in [0.25, 0.3) is 22.1 Å². The molecular weight excluding hydrogens is 220 g/mol. The van der Waals surface area contributed by atoms with Crippen LogP contribution in [-0.4, -0.2) is 5.11 Å². The van der Waals surface area contributed by atoms with Crippen molar-refractivity contribution in [3.8, 4) is 16.9 Å². The third kappa shape index (κ3) is 1.42. The number of hydrogen-bond donors (Lipinski definition) is 1. The molecule has 2 aromatic heterocycles. The minimum absolute atomic E-state index is 0.0850. The van der Waals surface area contributed by atoms with E-state index in [1.807, 2.05) is 0 Å². The molecule has 4 nitrogen and oxygen atoms in total. The van der Waals surface area contributed by atoms with Crippen LogP contribution >= 0.6 is 0 Å². The molecular formula is C13H8O4. The number of benzene rings is 1. The maximum atomic E-state index is 11.8. The molecule has 0 atom stereocenters. The summed E-state index contributed by atoms with van der Waals surface area (Å²) in [4.78, 5) is 11.8. The highest BCUT2D eigenvalue weighted by atomic mass is 16.4.